The molecule has 9 nitrogen and oxygen atoms in total. The van der Waals surface area contributed by atoms with E-state index in [-0.39, 0.29) is 85.9 Å². The number of hydrogen-bond acceptors (Lipinski definition) is 10. The lowest BCUT2D eigenvalue weighted by atomic mass is 9.95. The van der Waals surface area contributed by atoms with Crippen LogP contribution in [0.5, 0.6) is 11.8 Å². The number of aromatic nitrogens is 2. The Morgan fingerprint density at radius 1 is 1.30 bits per heavy atom. The van der Waals surface area contributed by atoms with Gasteiger partial charge in [0.1, 0.15) is 47.6 Å². The van der Waals surface area contributed by atoms with E-state index in [0.717, 1.165) is 28.7 Å². The van der Waals surface area contributed by atoms with Crippen molar-refractivity contribution in [1.29, 1.82) is 5.26 Å². The number of fused-ring (bicyclic) bond motifs is 2. The second-order valence-corrected chi connectivity index (χ2v) is 13.6. The summed E-state index contributed by atoms with van der Waals surface area (Å²) in [6, 6.07) is 2.86. The molecule has 47 heavy (non-hydrogen) atoms. The molecule has 0 unspecified atom stereocenters. The van der Waals surface area contributed by atoms with Crippen LogP contribution in [0.4, 0.5) is 32.8 Å². The predicted molar refractivity (Wildman–Crippen MR) is 167 cm³/mol. The Morgan fingerprint density at radius 3 is 2.81 bits per heavy atom. The summed E-state index contributed by atoms with van der Waals surface area (Å²) in [6.07, 6.45) is -3.43. The molecule has 0 bridgehead atoms. The third-order valence-electron chi connectivity index (χ3n) is 9.34. The summed E-state index contributed by atoms with van der Waals surface area (Å²) in [7, 11) is 0. The molecule has 3 aliphatic heterocycles. The monoisotopic (exact) mass is 694 g/mol. The van der Waals surface area contributed by atoms with Crippen LogP contribution in [0.2, 0.25) is 5.02 Å². The molecule has 3 N–H and O–H groups in total. The Morgan fingerprint density at radius 2 is 2.09 bits per heavy atom. The number of nitrogens with zero attached hydrogens (tertiary/aromatic N) is 5. The van der Waals surface area contributed by atoms with Gasteiger partial charge < -0.3 is 25.2 Å². The Balaban J connectivity index is 1.48. The zero-order valence-corrected chi connectivity index (χ0v) is 26.4. The summed E-state index contributed by atoms with van der Waals surface area (Å²) in [5.41, 5.74) is 4.65. The van der Waals surface area contributed by atoms with Crippen molar-refractivity contribution in [3.8, 4) is 29.0 Å². The van der Waals surface area contributed by atoms with Crippen LogP contribution < -0.4 is 20.1 Å². The number of aliphatic hydroxyl groups excluding tert-OH is 1. The Bertz CT molecular complexity index is 1960. The van der Waals surface area contributed by atoms with Crippen LogP contribution in [0.15, 0.2) is 12.1 Å². The average Bonchev–Trinajstić information content (AvgIpc) is 3.63. The lowest BCUT2D eigenvalue weighted by Crippen LogP contribution is -2.48. The van der Waals surface area contributed by atoms with Crippen molar-refractivity contribution in [2.45, 2.75) is 56.5 Å². The molecule has 2 aromatic heterocycles. The van der Waals surface area contributed by atoms with Gasteiger partial charge >= 0.3 is 6.01 Å². The zero-order chi connectivity index (χ0) is 33.4. The minimum Gasteiger partial charge on any atom is -0.489 e. The minimum atomic E-state index is -2.89. The summed E-state index contributed by atoms with van der Waals surface area (Å²) < 4.78 is 86.5. The van der Waals surface area contributed by atoms with Crippen molar-refractivity contribution < 1.29 is 36.5 Å². The van der Waals surface area contributed by atoms with Gasteiger partial charge in [0.2, 0.25) is 0 Å². The van der Waals surface area contributed by atoms with Gasteiger partial charge in [-0.3, -0.25) is 4.90 Å². The molecule has 0 spiro atoms. The minimum absolute atomic E-state index is 0.00619. The molecular formula is C31H28ClF5N6O3S. The molecule has 16 heteroatoms. The fourth-order valence-corrected chi connectivity index (χ4v) is 8.50. The maximum absolute atomic E-state index is 17.0. The molecule has 2 fully saturated rings. The van der Waals surface area contributed by atoms with Crippen molar-refractivity contribution >= 4 is 54.7 Å². The summed E-state index contributed by atoms with van der Waals surface area (Å²) in [6.45, 7) is 1.06. The van der Waals surface area contributed by atoms with Gasteiger partial charge in [0.25, 0.3) is 6.43 Å². The standard InChI is InChI=1S/C31H28ClF5N6O3S/c1-13(44)18-11-45-26-22-25(24(37)21(23(26)32)15-3-4-17(34)27-20(15)16(8-38)28(39)47-27)40-30(41-29(22)43(18)10-19(35)36)46-12-31-5-2-6-42(31)9-14(33)7-31/h3-4,13-14,18-19,44H,2,5-7,9-12,39H2,1H3/t13-,14+,18+,31-/m0/s1. The molecule has 0 amide bonds. The van der Waals surface area contributed by atoms with Crippen molar-refractivity contribution in [3.63, 3.8) is 0 Å². The number of hydrogen-bond donors (Lipinski definition) is 2. The van der Waals surface area contributed by atoms with Crippen molar-refractivity contribution in [3.05, 3.63) is 34.4 Å². The maximum atomic E-state index is 17.0. The quantitative estimate of drug-likeness (QED) is 0.222. The molecule has 248 valence electrons. The van der Waals surface area contributed by atoms with Crippen LogP contribution in [-0.2, 0) is 0 Å². The number of ether oxygens (including phenoxy) is 2. The number of nitrogen functional groups attached to an aromatic ring is 1. The van der Waals surface area contributed by atoms with E-state index < -0.39 is 54.0 Å². The molecule has 3 aliphatic rings. The normalized spacial score (nSPS) is 23.3. The highest BCUT2D eigenvalue weighted by atomic mass is 35.5. The van der Waals surface area contributed by atoms with Crippen LogP contribution in [0.3, 0.4) is 0 Å². The van der Waals surface area contributed by atoms with Crippen molar-refractivity contribution in [2.75, 3.05) is 43.5 Å². The molecule has 4 aromatic rings. The van der Waals surface area contributed by atoms with Gasteiger partial charge in [0, 0.05) is 23.9 Å². The van der Waals surface area contributed by atoms with Crippen molar-refractivity contribution in [1.82, 2.24) is 14.9 Å². The van der Waals surface area contributed by atoms with Crippen LogP contribution in [-0.4, -0.2) is 83.1 Å². The van der Waals surface area contributed by atoms with E-state index in [2.05, 4.69) is 9.97 Å². The Labute approximate surface area is 274 Å². The highest BCUT2D eigenvalue weighted by Crippen LogP contribution is 2.51. The van der Waals surface area contributed by atoms with E-state index in [0.29, 0.717) is 13.0 Å². The number of aliphatic hydroxyl groups is 1. The third-order valence-corrected chi connectivity index (χ3v) is 10.7. The summed E-state index contributed by atoms with van der Waals surface area (Å²) in [5.74, 6) is -2.07. The summed E-state index contributed by atoms with van der Waals surface area (Å²) >= 11 is 7.68. The molecule has 7 rings (SSSR count). The Hall–Kier alpha value is -3.71. The zero-order valence-electron chi connectivity index (χ0n) is 24.9. The topological polar surface area (TPSA) is 121 Å². The smallest absolute Gasteiger partial charge is 0.319 e. The highest BCUT2D eigenvalue weighted by molar-refractivity contribution is 7.23. The van der Waals surface area contributed by atoms with E-state index in [9.17, 15) is 27.9 Å². The number of benzene rings is 2. The molecule has 0 saturated carbocycles. The van der Waals surface area contributed by atoms with Gasteiger partial charge in [-0.05, 0) is 37.9 Å². The SMILES string of the molecule is C[C@H](O)[C@H]1COc2c(Cl)c(-c3ccc(F)c4sc(N)c(C#N)c34)c(F)c3nc(OC[C@@]45CCCN4C[C@H](F)C5)nc(c23)N1CC(F)F. The van der Waals surface area contributed by atoms with Gasteiger partial charge in [-0.25, -0.2) is 22.0 Å². The molecule has 4 atom stereocenters. The van der Waals surface area contributed by atoms with E-state index in [1.54, 1.807) is 0 Å². The molecule has 0 radical (unpaired) electrons. The van der Waals surface area contributed by atoms with E-state index in [4.69, 9.17) is 26.8 Å². The number of alkyl halides is 3. The van der Waals surface area contributed by atoms with Crippen LogP contribution in [0, 0.1) is 23.0 Å². The van der Waals surface area contributed by atoms with E-state index in [1.807, 2.05) is 11.0 Å². The van der Waals surface area contributed by atoms with Crippen LogP contribution >= 0.6 is 22.9 Å². The average molecular weight is 695 g/mol. The first-order valence-corrected chi connectivity index (χ1v) is 16.1. The molecule has 2 saturated heterocycles. The largest absolute Gasteiger partial charge is 0.489 e. The van der Waals surface area contributed by atoms with Gasteiger partial charge in [-0.1, -0.05) is 17.7 Å². The molecule has 0 aliphatic carbocycles. The van der Waals surface area contributed by atoms with Gasteiger partial charge in [0.15, 0.2) is 11.6 Å². The maximum Gasteiger partial charge on any atom is 0.319 e. The van der Waals surface area contributed by atoms with E-state index >= 15 is 4.39 Å². The highest BCUT2D eigenvalue weighted by Gasteiger charge is 2.49. The number of halogens is 6. The second-order valence-electron chi connectivity index (χ2n) is 12.2. The number of rotatable bonds is 7. The first-order valence-electron chi connectivity index (χ1n) is 14.9. The Kier molecular flexibility index (Phi) is 7.98. The van der Waals surface area contributed by atoms with Crippen LogP contribution in [0.25, 0.3) is 32.1 Å². The van der Waals surface area contributed by atoms with Crippen molar-refractivity contribution in [2.24, 2.45) is 0 Å². The van der Waals surface area contributed by atoms with Gasteiger partial charge in [-0.15, -0.1) is 11.3 Å². The summed E-state index contributed by atoms with van der Waals surface area (Å²) in [4.78, 5) is 11.9. The fraction of sp³-hybridized carbons (Fsp3) is 0.452. The van der Waals surface area contributed by atoms with Gasteiger partial charge in [-0.2, -0.15) is 15.2 Å². The van der Waals surface area contributed by atoms with Crippen LogP contribution in [0.1, 0.15) is 31.7 Å². The number of nitriles is 1. The lowest BCUT2D eigenvalue weighted by Gasteiger charge is -2.33. The first kappa shape index (κ1) is 31.9. The number of nitrogens with two attached hydrogens (primary N) is 1. The third kappa shape index (κ3) is 5.08. The second kappa shape index (κ2) is 11.8. The molecule has 5 heterocycles. The van der Waals surface area contributed by atoms with Gasteiger partial charge in [0.05, 0.1) is 44.9 Å². The number of anilines is 2. The fourth-order valence-electron chi connectivity index (χ4n) is 7.22. The first-order chi connectivity index (χ1) is 22.4. The molecule has 2 aromatic carbocycles. The molecular weight excluding hydrogens is 667 g/mol. The lowest BCUT2D eigenvalue weighted by molar-refractivity contribution is 0.105. The number of thiophene rings is 1. The predicted octanol–water partition coefficient (Wildman–Crippen LogP) is 6.07. The van der Waals surface area contributed by atoms with E-state index in [1.165, 1.54) is 13.0 Å². The summed E-state index contributed by atoms with van der Waals surface area (Å²) in [5, 5.41) is 20.1.